The SMILES string of the molecule is CCC1CC2CC3c4oc5cc(C)c(OC)cc5c4CCN(C2)C13. The van der Waals surface area contributed by atoms with E-state index < -0.39 is 0 Å². The van der Waals surface area contributed by atoms with E-state index in [0.29, 0.717) is 12.0 Å². The van der Waals surface area contributed by atoms with E-state index in [-0.39, 0.29) is 0 Å². The predicted molar refractivity (Wildman–Crippen MR) is 95.8 cm³/mol. The number of ether oxygens (including phenoxy) is 1. The Morgan fingerprint density at radius 2 is 2.17 bits per heavy atom. The summed E-state index contributed by atoms with van der Waals surface area (Å²) in [7, 11) is 1.76. The van der Waals surface area contributed by atoms with Crippen LogP contribution in [0.3, 0.4) is 0 Å². The molecule has 128 valence electrons. The van der Waals surface area contributed by atoms with Gasteiger partial charge >= 0.3 is 0 Å². The number of methoxy groups -OCH3 is 1. The van der Waals surface area contributed by atoms with Gasteiger partial charge in [0.25, 0.3) is 0 Å². The molecule has 0 spiro atoms. The molecule has 0 N–H and O–H groups in total. The van der Waals surface area contributed by atoms with Gasteiger partial charge in [0.2, 0.25) is 0 Å². The van der Waals surface area contributed by atoms with Gasteiger partial charge in [0.05, 0.1) is 7.11 Å². The van der Waals surface area contributed by atoms with Crippen molar-refractivity contribution in [2.75, 3.05) is 20.2 Å². The number of hydrogen-bond acceptors (Lipinski definition) is 3. The second-order valence-electron chi connectivity index (χ2n) is 8.11. The molecule has 1 saturated carbocycles. The van der Waals surface area contributed by atoms with Crippen LogP contribution in [0.4, 0.5) is 0 Å². The van der Waals surface area contributed by atoms with Crippen molar-refractivity contribution < 1.29 is 9.15 Å². The van der Waals surface area contributed by atoms with Crippen molar-refractivity contribution in [3.05, 3.63) is 29.0 Å². The molecule has 6 rings (SSSR count). The fourth-order valence-corrected chi connectivity index (χ4v) is 5.88. The average Bonchev–Trinajstić information content (AvgIpc) is 2.90. The molecule has 1 aliphatic carbocycles. The number of hydrogen-bond donors (Lipinski definition) is 0. The summed E-state index contributed by atoms with van der Waals surface area (Å²) in [6, 6.07) is 5.07. The molecule has 1 aromatic carbocycles. The van der Waals surface area contributed by atoms with Crippen LogP contribution in [0.5, 0.6) is 5.75 Å². The second-order valence-corrected chi connectivity index (χ2v) is 8.11. The third kappa shape index (κ3) is 1.94. The maximum Gasteiger partial charge on any atom is 0.135 e. The fraction of sp³-hybridized carbons (Fsp3) is 0.619. The molecule has 2 saturated heterocycles. The zero-order valence-corrected chi connectivity index (χ0v) is 15.0. The van der Waals surface area contributed by atoms with Crippen molar-refractivity contribution in [2.24, 2.45) is 11.8 Å². The lowest BCUT2D eigenvalue weighted by atomic mass is 9.65. The Morgan fingerprint density at radius 1 is 1.29 bits per heavy atom. The van der Waals surface area contributed by atoms with Crippen molar-refractivity contribution in [3.63, 3.8) is 0 Å². The van der Waals surface area contributed by atoms with Gasteiger partial charge in [-0.05, 0) is 55.7 Å². The molecule has 1 aromatic heterocycles. The number of aryl methyl sites for hydroxylation is 1. The van der Waals surface area contributed by atoms with E-state index in [1.54, 1.807) is 7.11 Å². The normalized spacial score (nSPS) is 34.2. The molecule has 5 atom stereocenters. The zero-order chi connectivity index (χ0) is 16.4. The number of furan rings is 1. The molecule has 0 amide bonds. The summed E-state index contributed by atoms with van der Waals surface area (Å²) in [4.78, 5) is 2.78. The van der Waals surface area contributed by atoms with Crippen LogP contribution in [-0.2, 0) is 6.42 Å². The molecule has 4 bridgehead atoms. The minimum Gasteiger partial charge on any atom is -0.496 e. The molecule has 3 nitrogen and oxygen atoms in total. The minimum atomic E-state index is 0.596. The largest absolute Gasteiger partial charge is 0.496 e. The first kappa shape index (κ1) is 14.8. The second kappa shape index (κ2) is 5.26. The van der Waals surface area contributed by atoms with Crippen LogP contribution in [0, 0.1) is 18.8 Å². The minimum absolute atomic E-state index is 0.596. The number of benzene rings is 1. The van der Waals surface area contributed by atoms with Crippen LogP contribution in [0.15, 0.2) is 16.5 Å². The molecule has 24 heavy (non-hydrogen) atoms. The quantitative estimate of drug-likeness (QED) is 0.812. The number of fused-ring (bicyclic) bond motifs is 4. The van der Waals surface area contributed by atoms with Crippen molar-refractivity contribution in [3.8, 4) is 5.75 Å². The summed E-state index contributed by atoms with van der Waals surface area (Å²) in [6.45, 7) is 6.96. The van der Waals surface area contributed by atoms with Crippen LogP contribution in [0.2, 0.25) is 0 Å². The molecule has 0 radical (unpaired) electrons. The molecular formula is C21H27NO2. The van der Waals surface area contributed by atoms with Gasteiger partial charge in [-0.1, -0.05) is 13.3 Å². The Bertz CT molecular complexity index is 793. The van der Waals surface area contributed by atoms with Crippen LogP contribution >= 0.6 is 0 Å². The number of rotatable bonds is 2. The Kier molecular flexibility index (Phi) is 3.25. The summed E-state index contributed by atoms with van der Waals surface area (Å²) in [5.74, 6) is 4.58. The first-order chi connectivity index (χ1) is 11.7. The van der Waals surface area contributed by atoms with Gasteiger partial charge in [-0.15, -0.1) is 0 Å². The Balaban J connectivity index is 1.68. The van der Waals surface area contributed by atoms with E-state index in [1.165, 1.54) is 49.1 Å². The van der Waals surface area contributed by atoms with Crippen LogP contribution < -0.4 is 4.74 Å². The lowest BCUT2D eigenvalue weighted by molar-refractivity contribution is -0.0169. The first-order valence-corrected chi connectivity index (χ1v) is 9.53. The van der Waals surface area contributed by atoms with Gasteiger partial charge in [-0.2, -0.15) is 0 Å². The standard InChI is InChI=1S/C21H27NO2/c1-4-14-8-13-9-17-20(14)22(11-13)6-5-15-16-10-18(23-3)12(2)7-19(16)24-21(15)17/h7,10,13-14,17,20H,4-6,8-9,11H2,1-3H3. The highest BCUT2D eigenvalue weighted by Crippen LogP contribution is 2.52. The summed E-state index contributed by atoms with van der Waals surface area (Å²) in [6.07, 6.45) is 5.17. The van der Waals surface area contributed by atoms with E-state index in [9.17, 15) is 0 Å². The highest BCUT2D eigenvalue weighted by Gasteiger charge is 2.49. The summed E-state index contributed by atoms with van der Waals surface area (Å²) in [5, 5.41) is 1.28. The topological polar surface area (TPSA) is 25.6 Å². The smallest absolute Gasteiger partial charge is 0.135 e. The van der Waals surface area contributed by atoms with E-state index in [2.05, 4.69) is 30.9 Å². The molecule has 3 heteroatoms. The van der Waals surface area contributed by atoms with Gasteiger partial charge in [0, 0.05) is 36.0 Å². The predicted octanol–water partition coefficient (Wildman–Crippen LogP) is 4.51. The van der Waals surface area contributed by atoms with E-state index in [1.807, 2.05) is 0 Å². The third-order valence-electron chi connectivity index (χ3n) is 6.88. The molecule has 4 aliphatic rings. The summed E-state index contributed by atoms with van der Waals surface area (Å²) in [5.41, 5.74) is 3.67. The molecule has 2 aromatic rings. The van der Waals surface area contributed by atoms with Crippen molar-refractivity contribution in [1.29, 1.82) is 0 Å². The van der Waals surface area contributed by atoms with E-state index in [4.69, 9.17) is 9.15 Å². The molecule has 5 unspecified atom stereocenters. The number of piperidine rings is 2. The maximum atomic E-state index is 6.50. The Labute approximate surface area is 144 Å². The van der Waals surface area contributed by atoms with Gasteiger partial charge in [-0.3, -0.25) is 4.90 Å². The van der Waals surface area contributed by atoms with Crippen molar-refractivity contribution in [1.82, 2.24) is 4.90 Å². The summed E-state index contributed by atoms with van der Waals surface area (Å²) < 4.78 is 12.1. The highest BCUT2D eigenvalue weighted by molar-refractivity contribution is 5.85. The lowest BCUT2D eigenvalue weighted by Crippen LogP contribution is -2.56. The monoisotopic (exact) mass is 325 g/mol. The Hall–Kier alpha value is -1.48. The van der Waals surface area contributed by atoms with Crippen molar-refractivity contribution in [2.45, 2.75) is 51.5 Å². The van der Waals surface area contributed by atoms with E-state index in [0.717, 1.165) is 35.2 Å². The maximum absolute atomic E-state index is 6.50. The molecule has 3 aliphatic heterocycles. The van der Waals surface area contributed by atoms with Gasteiger partial charge < -0.3 is 9.15 Å². The van der Waals surface area contributed by atoms with Gasteiger partial charge in [-0.25, -0.2) is 0 Å². The number of nitrogens with zero attached hydrogens (tertiary/aromatic N) is 1. The molecule has 3 fully saturated rings. The van der Waals surface area contributed by atoms with Crippen molar-refractivity contribution >= 4 is 11.0 Å². The zero-order valence-electron chi connectivity index (χ0n) is 15.0. The summed E-state index contributed by atoms with van der Waals surface area (Å²) >= 11 is 0. The van der Waals surface area contributed by atoms with Gasteiger partial charge in [0.15, 0.2) is 0 Å². The first-order valence-electron chi connectivity index (χ1n) is 9.53. The van der Waals surface area contributed by atoms with Gasteiger partial charge in [0.1, 0.15) is 17.1 Å². The third-order valence-corrected chi connectivity index (χ3v) is 6.88. The van der Waals surface area contributed by atoms with E-state index >= 15 is 0 Å². The van der Waals surface area contributed by atoms with Crippen LogP contribution in [0.1, 0.15) is 49.0 Å². The molecular weight excluding hydrogens is 298 g/mol. The van der Waals surface area contributed by atoms with Crippen LogP contribution in [-0.4, -0.2) is 31.1 Å². The average molecular weight is 325 g/mol. The molecule has 4 heterocycles. The highest BCUT2D eigenvalue weighted by atomic mass is 16.5. The lowest BCUT2D eigenvalue weighted by Gasteiger charge is -2.52. The van der Waals surface area contributed by atoms with Crippen LogP contribution in [0.25, 0.3) is 11.0 Å². The Morgan fingerprint density at radius 3 is 2.96 bits per heavy atom. The fourth-order valence-electron chi connectivity index (χ4n) is 5.88.